The van der Waals surface area contributed by atoms with E-state index in [9.17, 15) is 9.59 Å². The number of carbonyl (C=O) groups is 2. The Kier molecular flexibility index (Phi) is 6.52. The Labute approximate surface area is 183 Å². The van der Waals surface area contributed by atoms with Crippen molar-refractivity contribution in [1.82, 2.24) is 4.98 Å². The molecule has 3 aromatic rings. The van der Waals surface area contributed by atoms with E-state index in [1.807, 2.05) is 32.0 Å². The average molecular weight is 445 g/mol. The fourth-order valence-corrected chi connectivity index (χ4v) is 4.16. The second kappa shape index (κ2) is 8.91. The highest BCUT2D eigenvalue weighted by Gasteiger charge is 2.21. The summed E-state index contributed by atoms with van der Waals surface area (Å²) in [7, 11) is 0. The lowest BCUT2D eigenvalue weighted by atomic mass is 10.1. The van der Waals surface area contributed by atoms with Gasteiger partial charge in [0.05, 0.1) is 16.4 Å². The first kappa shape index (κ1) is 21.2. The SMILES string of the molecule is CC(=O)N(c1nc(/C=C/C(=O)c2cc(Cl)ccc2Cl)cs1)c1c(C)cccc1C. The minimum absolute atomic E-state index is 0.130. The standard InChI is InChI=1S/C22H18Cl2N2O2S/c1-13-5-4-6-14(2)21(13)26(15(3)27)22-25-17(12-29-22)8-10-20(28)18-11-16(23)7-9-19(18)24/h4-12H,1-3H3/b10-8+. The van der Waals surface area contributed by atoms with Crippen LogP contribution < -0.4 is 4.90 Å². The number of ketones is 1. The molecule has 1 aromatic heterocycles. The van der Waals surface area contributed by atoms with Gasteiger partial charge in [-0.2, -0.15) is 0 Å². The van der Waals surface area contributed by atoms with Crippen LogP contribution in [0.4, 0.5) is 10.8 Å². The number of anilines is 2. The van der Waals surface area contributed by atoms with Gasteiger partial charge in [-0.15, -0.1) is 11.3 Å². The molecule has 0 fully saturated rings. The molecule has 148 valence electrons. The first-order valence-electron chi connectivity index (χ1n) is 8.78. The van der Waals surface area contributed by atoms with E-state index in [-0.39, 0.29) is 11.7 Å². The number of nitrogens with zero attached hydrogens (tertiary/aromatic N) is 2. The Hall–Kier alpha value is -2.47. The summed E-state index contributed by atoms with van der Waals surface area (Å²) in [5.74, 6) is -0.403. The maximum absolute atomic E-state index is 12.4. The highest BCUT2D eigenvalue weighted by molar-refractivity contribution is 7.14. The average Bonchev–Trinajstić information content (AvgIpc) is 3.12. The van der Waals surface area contributed by atoms with E-state index in [4.69, 9.17) is 23.2 Å². The second-order valence-electron chi connectivity index (χ2n) is 6.47. The van der Waals surface area contributed by atoms with Crippen molar-refractivity contribution < 1.29 is 9.59 Å². The second-order valence-corrected chi connectivity index (χ2v) is 8.15. The predicted molar refractivity (Wildman–Crippen MR) is 121 cm³/mol. The van der Waals surface area contributed by atoms with Gasteiger partial charge in [0.1, 0.15) is 0 Å². The zero-order chi connectivity index (χ0) is 21.1. The molecule has 2 aromatic carbocycles. The van der Waals surface area contributed by atoms with Gasteiger partial charge in [0.25, 0.3) is 0 Å². The van der Waals surface area contributed by atoms with E-state index in [2.05, 4.69) is 4.98 Å². The maximum Gasteiger partial charge on any atom is 0.230 e. The molecule has 4 nitrogen and oxygen atoms in total. The topological polar surface area (TPSA) is 50.3 Å². The summed E-state index contributed by atoms with van der Waals surface area (Å²) < 4.78 is 0. The first-order valence-corrected chi connectivity index (χ1v) is 10.4. The Morgan fingerprint density at radius 3 is 2.45 bits per heavy atom. The Bertz CT molecular complexity index is 1100. The normalized spacial score (nSPS) is 11.1. The van der Waals surface area contributed by atoms with Gasteiger partial charge in [0.2, 0.25) is 5.91 Å². The number of amides is 1. The molecule has 0 bridgehead atoms. The van der Waals surface area contributed by atoms with Gasteiger partial charge < -0.3 is 0 Å². The van der Waals surface area contributed by atoms with Crippen molar-refractivity contribution >= 4 is 63.1 Å². The summed E-state index contributed by atoms with van der Waals surface area (Å²) >= 11 is 13.4. The fraction of sp³-hybridized carbons (Fsp3) is 0.136. The number of aryl methyl sites for hydroxylation is 2. The summed E-state index contributed by atoms with van der Waals surface area (Å²) in [5, 5.41) is 3.11. The van der Waals surface area contributed by atoms with E-state index in [0.29, 0.717) is 26.4 Å². The van der Waals surface area contributed by atoms with Gasteiger partial charge in [-0.25, -0.2) is 4.98 Å². The number of aromatic nitrogens is 1. The van der Waals surface area contributed by atoms with Crippen molar-refractivity contribution in [2.45, 2.75) is 20.8 Å². The lowest BCUT2D eigenvalue weighted by Gasteiger charge is -2.22. The van der Waals surface area contributed by atoms with E-state index in [1.54, 1.807) is 28.5 Å². The molecule has 0 radical (unpaired) electrons. The minimum atomic E-state index is -0.273. The van der Waals surface area contributed by atoms with E-state index < -0.39 is 0 Å². The van der Waals surface area contributed by atoms with Gasteiger partial charge in [0, 0.05) is 22.9 Å². The van der Waals surface area contributed by atoms with Crippen molar-refractivity contribution in [2.75, 3.05) is 4.90 Å². The summed E-state index contributed by atoms with van der Waals surface area (Å²) in [6, 6.07) is 10.6. The molecule has 0 aliphatic carbocycles. The van der Waals surface area contributed by atoms with Crippen molar-refractivity contribution in [2.24, 2.45) is 0 Å². The van der Waals surface area contributed by atoms with Crippen LogP contribution in [0.1, 0.15) is 34.1 Å². The third-order valence-corrected chi connectivity index (χ3v) is 5.69. The molecule has 0 spiro atoms. The molecule has 0 aliphatic rings. The van der Waals surface area contributed by atoms with Crippen LogP contribution in [0.15, 0.2) is 47.9 Å². The van der Waals surface area contributed by atoms with E-state index in [1.165, 1.54) is 30.4 Å². The summed E-state index contributed by atoms with van der Waals surface area (Å²) in [5.41, 5.74) is 3.70. The molecular formula is C22H18Cl2N2O2S. The number of halogens is 2. The Balaban J connectivity index is 1.89. The monoisotopic (exact) mass is 444 g/mol. The number of rotatable bonds is 5. The molecule has 0 aliphatic heterocycles. The molecule has 3 rings (SSSR count). The number of carbonyl (C=O) groups excluding carboxylic acids is 2. The molecule has 1 heterocycles. The van der Waals surface area contributed by atoms with Crippen molar-refractivity contribution in [3.05, 3.63) is 80.3 Å². The van der Waals surface area contributed by atoms with Crippen LogP contribution in [-0.4, -0.2) is 16.7 Å². The summed E-state index contributed by atoms with van der Waals surface area (Å²) in [6.07, 6.45) is 3.00. The van der Waals surface area contributed by atoms with E-state index >= 15 is 0 Å². The minimum Gasteiger partial charge on any atom is -0.289 e. The molecule has 1 amide bonds. The zero-order valence-electron chi connectivity index (χ0n) is 16.1. The van der Waals surface area contributed by atoms with Gasteiger partial charge in [-0.1, -0.05) is 41.4 Å². The van der Waals surface area contributed by atoms with Gasteiger partial charge in [-0.3, -0.25) is 14.5 Å². The molecule has 0 saturated carbocycles. The van der Waals surface area contributed by atoms with Crippen LogP contribution in [0.3, 0.4) is 0 Å². The lowest BCUT2D eigenvalue weighted by Crippen LogP contribution is -2.24. The van der Waals surface area contributed by atoms with Gasteiger partial charge in [-0.05, 0) is 55.3 Å². The quantitative estimate of drug-likeness (QED) is 0.327. The number of benzene rings is 2. The van der Waals surface area contributed by atoms with Crippen molar-refractivity contribution in [1.29, 1.82) is 0 Å². The number of hydrogen-bond acceptors (Lipinski definition) is 4. The van der Waals surface area contributed by atoms with Gasteiger partial charge >= 0.3 is 0 Å². The molecule has 0 saturated heterocycles. The smallest absolute Gasteiger partial charge is 0.230 e. The largest absolute Gasteiger partial charge is 0.289 e. The fourth-order valence-electron chi connectivity index (χ4n) is 2.94. The summed E-state index contributed by atoms with van der Waals surface area (Å²) in [4.78, 5) is 30.9. The molecule has 29 heavy (non-hydrogen) atoms. The predicted octanol–water partition coefficient (Wildman–Crippen LogP) is 6.65. The number of allylic oxidation sites excluding steroid dienone is 1. The van der Waals surface area contributed by atoms with Crippen LogP contribution in [0.5, 0.6) is 0 Å². The third kappa shape index (κ3) is 4.75. The maximum atomic E-state index is 12.4. The molecule has 0 atom stereocenters. The van der Waals surface area contributed by atoms with Crippen molar-refractivity contribution in [3.63, 3.8) is 0 Å². The summed E-state index contributed by atoms with van der Waals surface area (Å²) in [6.45, 7) is 5.42. The van der Waals surface area contributed by atoms with Crippen LogP contribution >= 0.6 is 34.5 Å². The Morgan fingerprint density at radius 1 is 1.10 bits per heavy atom. The highest BCUT2D eigenvalue weighted by Crippen LogP contribution is 2.34. The van der Waals surface area contributed by atoms with Crippen LogP contribution in [0, 0.1) is 13.8 Å². The highest BCUT2D eigenvalue weighted by atomic mass is 35.5. The lowest BCUT2D eigenvalue weighted by molar-refractivity contribution is -0.115. The number of para-hydroxylation sites is 1. The first-order chi connectivity index (χ1) is 13.8. The number of hydrogen-bond donors (Lipinski definition) is 0. The van der Waals surface area contributed by atoms with Crippen LogP contribution in [0.2, 0.25) is 10.0 Å². The van der Waals surface area contributed by atoms with Crippen LogP contribution in [0.25, 0.3) is 6.08 Å². The molecule has 0 N–H and O–H groups in total. The molecular weight excluding hydrogens is 427 g/mol. The molecule has 0 unspecified atom stereocenters. The third-order valence-electron chi connectivity index (χ3n) is 4.28. The van der Waals surface area contributed by atoms with Crippen LogP contribution in [-0.2, 0) is 4.79 Å². The van der Waals surface area contributed by atoms with E-state index in [0.717, 1.165) is 16.8 Å². The Morgan fingerprint density at radius 2 is 1.79 bits per heavy atom. The van der Waals surface area contributed by atoms with Gasteiger partial charge in [0.15, 0.2) is 10.9 Å². The van der Waals surface area contributed by atoms with Crippen molar-refractivity contribution in [3.8, 4) is 0 Å². The zero-order valence-corrected chi connectivity index (χ0v) is 18.4. The molecule has 7 heteroatoms. The number of thiazole rings is 1.